The van der Waals surface area contributed by atoms with Crippen molar-refractivity contribution in [3.05, 3.63) is 23.2 Å². The summed E-state index contributed by atoms with van der Waals surface area (Å²) in [5.74, 6) is -0.0962. The van der Waals surface area contributed by atoms with E-state index in [0.717, 1.165) is 25.9 Å². The van der Waals surface area contributed by atoms with Crippen LogP contribution in [0.4, 0.5) is 0 Å². The lowest BCUT2D eigenvalue weighted by atomic mass is 10.1. The highest BCUT2D eigenvalue weighted by molar-refractivity contribution is 6.29. The second kappa shape index (κ2) is 5.42. The number of halogens is 1. The van der Waals surface area contributed by atoms with Crippen LogP contribution < -0.4 is 5.32 Å². The molecule has 1 amide bonds. The highest BCUT2D eigenvalue weighted by Crippen LogP contribution is 2.12. The fourth-order valence-corrected chi connectivity index (χ4v) is 2.06. The predicted molar refractivity (Wildman–Crippen MR) is 65.0 cm³/mol. The molecule has 1 aliphatic rings. The zero-order valence-corrected chi connectivity index (χ0v) is 10.4. The number of carbonyl (C=O) groups excluding carboxylic acids is 1. The van der Waals surface area contributed by atoms with Crippen molar-refractivity contribution in [2.24, 2.45) is 0 Å². The average molecular weight is 255 g/mol. The van der Waals surface area contributed by atoms with Gasteiger partial charge in [0.25, 0.3) is 5.91 Å². The first kappa shape index (κ1) is 12.3. The Morgan fingerprint density at radius 1 is 1.41 bits per heavy atom. The van der Waals surface area contributed by atoms with Crippen molar-refractivity contribution in [2.45, 2.75) is 18.9 Å². The molecule has 1 aromatic heterocycles. The monoisotopic (exact) mass is 254 g/mol. The van der Waals surface area contributed by atoms with Crippen LogP contribution >= 0.6 is 11.6 Å². The maximum Gasteiger partial charge on any atom is 0.274 e. The van der Waals surface area contributed by atoms with Crippen molar-refractivity contribution in [1.29, 1.82) is 0 Å². The van der Waals surface area contributed by atoms with Gasteiger partial charge in [-0.15, -0.1) is 0 Å². The molecule has 1 aromatic rings. The smallest absolute Gasteiger partial charge is 0.274 e. The van der Waals surface area contributed by atoms with Gasteiger partial charge in [0, 0.05) is 13.1 Å². The van der Waals surface area contributed by atoms with Gasteiger partial charge < -0.3 is 10.2 Å². The molecule has 0 spiro atoms. The van der Waals surface area contributed by atoms with Crippen LogP contribution in [-0.4, -0.2) is 47.0 Å². The summed E-state index contributed by atoms with van der Waals surface area (Å²) >= 11 is 5.64. The number of piperidine rings is 1. The first-order valence-corrected chi connectivity index (χ1v) is 6.01. The predicted octanol–water partition coefficient (Wildman–Crippen LogP) is 0.954. The number of hydrogen-bond donors (Lipinski definition) is 1. The number of nitrogens with one attached hydrogen (secondary N) is 1. The van der Waals surface area contributed by atoms with E-state index in [9.17, 15) is 4.79 Å². The van der Waals surface area contributed by atoms with Gasteiger partial charge in [-0.05, 0) is 25.9 Å². The van der Waals surface area contributed by atoms with Gasteiger partial charge in [-0.3, -0.25) is 4.79 Å². The van der Waals surface area contributed by atoms with E-state index < -0.39 is 0 Å². The molecule has 1 fully saturated rings. The molecule has 0 radical (unpaired) electrons. The van der Waals surface area contributed by atoms with Crippen LogP contribution in [0.3, 0.4) is 0 Å². The summed E-state index contributed by atoms with van der Waals surface area (Å²) in [4.78, 5) is 21.7. The summed E-state index contributed by atoms with van der Waals surface area (Å²) in [6.45, 7) is 1.91. The van der Waals surface area contributed by atoms with E-state index in [1.165, 1.54) is 12.4 Å². The van der Waals surface area contributed by atoms with Gasteiger partial charge in [0.15, 0.2) is 0 Å². The highest BCUT2D eigenvalue weighted by atomic mass is 35.5. The zero-order valence-electron chi connectivity index (χ0n) is 9.69. The molecule has 1 saturated heterocycles. The van der Waals surface area contributed by atoms with Crippen molar-refractivity contribution in [3.8, 4) is 0 Å². The second-order valence-corrected chi connectivity index (χ2v) is 4.51. The first-order chi connectivity index (χ1) is 8.18. The van der Waals surface area contributed by atoms with E-state index in [1.807, 2.05) is 7.05 Å². The minimum atomic E-state index is -0.0962. The molecule has 0 atom stereocenters. The van der Waals surface area contributed by atoms with E-state index in [-0.39, 0.29) is 11.9 Å². The average Bonchev–Trinajstić information content (AvgIpc) is 2.39. The van der Waals surface area contributed by atoms with Gasteiger partial charge in [-0.25, -0.2) is 9.97 Å². The maximum atomic E-state index is 12.1. The number of nitrogens with zero attached hydrogens (tertiary/aromatic N) is 3. The van der Waals surface area contributed by atoms with E-state index in [4.69, 9.17) is 11.6 Å². The lowest BCUT2D eigenvalue weighted by Crippen LogP contribution is -2.44. The molecule has 0 aromatic carbocycles. The standard InChI is InChI=1S/C11H15ClN4O/c1-16(8-2-4-13-5-3-8)11(17)9-6-15-10(12)7-14-9/h6-8,13H,2-5H2,1H3. The quantitative estimate of drug-likeness (QED) is 0.854. The Hall–Kier alpha value is -1.20. The number of hydrogen-bond acceptors (Lipinski definition) is 4. The lowest BCUT2D eigenvalue weighted by molar-refractivity contribution is 0.0697. The molecule has 17 heavy (non-hydrogen) atoms. The van der Waals surface area contributed by atoms with Crippen molar-refractivity contribution in [2.75, 3.05) is 20.1 Å². The lowest BCUT2D eigenvalue weighted by Gasteiger charge is -2.31. The van der Waals surface area contributed by atoms with E-state index in [2.05, 4.69) is 15.3 Å². The molecule has 2 rings (SSSR count). The molecule has 2 heterocycles. The van der Waals surface area contributed by atoms with Gasteiger partial charge >= 0.3 is 0 Å². The highest BCUT2D eigenvalue weighted by Gasteiger charge is 2.23. The summed E-state index contributed by atoms with van der Waals surface area (Å²) in [5, 5.41) is 3.57. The van der Waals surface area contributed by atoms with Crippen LogP contribution in [0.2, 0.25) is 5.15 Å². The van der Waals surface area contributed by atoms with Crippen LogP contribution in [0.25, 0.3) is 0 Å². The molecule has 92 valence electrons. The summed E-state index contributed by atoms with van der Waals surface area (Å²) in [6.07, 6.45) is 4.76. The Morgan fingerprint density at radius 3 is 2.71 bits per heavy atom. The minimum Gasteiger partial charge on any atom is -0.337 e. The summed E-state index contributed by atoms with van der Waals surface area (Å²) in [6, 6.07) is 0.279. The SMILES string of the molecule is CN(C(=O)c1cnc(Cl)cn1)C1CCNCC1. The van der Waals surface area contributed by atoms with Gasteiger partial charge in [-0.1, -0.05) is 11.6 Å². The normalized spacial score (nSPS) is 16.8. The van der Waals surface area contributed by atoms with Crippen LogP contribution in [0.15, 0.2) is 12.4 Å². The number of carbonyl (C=O) groups is 1. The Morgan fingerprint density at radius 2 is 2.12 bits per heavy atom. The van der Waals surface area contributed by atoms with E-state index in [0.29, 0.717) is 10.8 Å². The van der Waals surface area contributed by atoms with Gasteiger partial charge in [0.05, 0.1) is 12.4 Å². The van der Waals surface area contributed by atoms with E-state index in [1.54, 1.807) is 4.90 Å². The van der Waals surface area contributed by atoms with Crippen LogP contribution in [-0.2, 0) is 0 Å². The molecule has 1 N–H and O–H groups in total. The third-order valence-corrected chi connectivity index (χ3v) is 3.21. The van der Waals surface area contributed by atoms with Crippen LogP contribution in [0, 0.1) is 0 Å². The molecule has 0 bridgehead atoms. The van der Waals surface area contributed by atoms with E-state index >= 15 is 0 Å². The van der Waals surface area contributed by atoms with Gasteiger partial charge in [-0.2, -0.15) is 0 Å². The fourth-order valence-electron chi connectivity index (χ4n) is 1.96. The molecule has 6 heteroatoms. The van der Waals surface area contributed by atoms with Crippen molar-refractivity contribution >= 4 is 17.5 Å². The fraction of sp³-hybridized carbons (Fsp3) is 0.545. The van der Waals surface area contributed by atoms with Crippen molar-refractivity contribution < 1.29 is 4.79 Å². The number of amides is 1. The van der Waals surface area contributed by atoms with Gasteiger partial charge in [0.1, 0.15) is 10.8 Å². The van der Waals surface area contributed by atoms with Crippen LogP contribution in [0.1, 0.15) is 23.3 Å². The Bertz CT molecular complexity index is 389. The second-order valence-electron chi connectivity index (χ2n) is 4.12. The topological polar surface area (TPSA) is 58.1 Å². The Balaban J connectivity index is 2.05. The molecule has 5 nitrogen and oxygen atoms in total. The molecule has 0 aliphatic carbocycles. The molecule has 0 saturated carbocycles. The van der Waals surface area contributed by atoms with Gasteiger partial charge in [0.2, 0.25) is 0 Å². The molecular formula is C11H15ClN4O. The van der Waals surface area contributed by atoms with Crippen LogP contribution in [0.5, 0.6) is 0 Å². The van der Waals surface area contributed by atoms with Crippen molar-refractivity contribution in [1.82, 2.24) is 20.2 Å². The maximum absolute atomic E-state index is 12.1. The molecule has 1 aliphatic heterocycles. The molecule has 0 unspecified atom stereocenters. The Kier molecular flexibility index (Phi) is 3.91. The number of rotatable bonds is 2. The first-order valence-electron chi connectivity index (χ1n) is 5.64. The Labute approximate surface area is 105 Å². The zero-order chi connectivity index (χ0) is 12.3. The van der Waals surface area contributed by atoms with Crippen molar-refractivity contribution in [3.63, 3.8) is 0 Å². The third kappa shape index (κ3) is 2.92. The largest absolute Gasteiger partial charge is 0.337 e. The third-order valence-electron chi connectivity index (χ3n) is 3.02. The summed E-state index contributed by atoms with van der Waals surface area (Å²) in [5.41, 5.74) is 0.343. The summed E-state index contributed by atoms with van der Waals surface area (Å²) in [7, 11) is 1.81. The molecular weight excluding hydrogens is 240 g/mol. The number of aromatic nitrogens is 2. The minimum absolute atomic E-state index is 0.0962. The summed E-state index contributed by atoms with van der Waals surface area (Å²) < 4.78 is 0.